The number of benzene rings is 2. The van der Waals surface area contributed by atoms with Gasteiger partial charge in [-0.1, -0.05) is 18.6 Å². The Morgan fingerprint density at radius 3 is 2.72 bits per heavy atom. The zero-order valence-corrected chi connectivity index (χ0v) is 17.8. The molecule has 1 aromatic heterocycles. The van der Waals surface area contributed by atoms with Gasteiger partial charge in [-0.25, -0.2) is 14.2 Å². The van der Waals surface area contributed by atoms with Crippen LogP contribution in [0.1, 0.15) is 54.0 Å². The molecule has 1 aliphatic heterocycles. The van der Waals surface area contributed by atoms with Crippen LogP contribution in [-0.2, 0) is 22.5 Å². The molecular formula is C24H24FN3O4. The number of carbonyl (C=O) groups excluding carboxylic acids is 2. The van der Waals surface area contributed by atoms with Crippen molar-refractivity contribution in [1.82, 2.24) is 14.9 Å². The fourth-order valence-corrected chi connectivity index (χ4v) is 3.88. The van der Waals surface area contributed by atoms with Crippen molar-refractivity contribution < 1.29 is 18.7 Å². The van der Waals surface area contributed by atoms with Gasteiger partial charge in [-0.15, -0.1) is 0 Å². The number of hydrogen-bond donors (Lipinski definition) is 1. The van der Waals surface area contributed by atoms with Gasteiger partial charge in [0.05, 0.1) is 22.5 Å². The van der Waals surface area contributed by atoms with Crippen LogP contribution in [0.5, 0.6) is 0 Å². The highest BCUT2D eigenvalue weighted by molar-refractivity contribution is 5.95. The maximum atomic E-state index is 13.0. The molecule has 0 aliphatic carbocycles. The number of hydrogen-bond acceptors (Lipinski definition) is 5. The van der Waals surface area contributed by atoms with Gasteiger partial charge in [-0.2, -0.15) is 0 Å². The van der Waals surface area contributed by atoms with Crippen molar-refractivity contribution in [3.8, 4) is 0 Å². The van der Waals surface area contributed by atoms with Crippen LogP contribution < -0.4 is 10.9 Å². The molecule has 1 atom stereocenters. The minimum atomic E-state index is -0.673. The van der Waals surface area contributed by atoms with Crippen molar-refractivity contribution >= 4 is 22.8 Å². The van der Waals surface area contributed by atoms with Gasteiger partial charge in [0, 0.05) is 13.0 Å². The lowest BCUT2D eigenvalue weighted by Crippen LogP contribution is -2.31. The molecule has 32 heavy (non-hydrogen) atoms. The number of aromatic nitrogens is 2. The van der Waals surface area contributed by atoms with Crippen LogP contribution in [-0.4, -0.2) is 28.0 Å². The molecule has 0 saturated heterocycles. The van der Waals surface area contributed by atoms with E-state index >= 15 is 0 Å². The first kappa shape index (κ1) is 21.7. The van der Waals surface area contributed by atoms with E-state index in [9.17, 15) is 18.8 Å². The zero-order chi connectivity index (χ0) is 22.7. The number of rotatable bonds is 5. The number of carbonyl (C=O) groups is 2. The van der Waals surface area contributed by atoms with Crippen LogP contribution in [0.3, 0.4) is 0 Å². The van der Waals surface area contributed by atoms with Gasteiger partial charge in [0.1, 0.15) is 11.6 Å². The molecule has 0 spiro atoms. The predicted octanol–water partition coefficient (Wildman–Crippen LogP) is 3.30. The molecule has 1 amide bonds. The molecule has 166 valence electrons. The van der Waals surface area contributed by atoms with Crippen molar-refractivity contribution in [3.63, 3.8) is 0 Å². The molecule has 0 saturated carbocycles. The molecule has 7 nitrogen and oxygen atoms in total. The van der Waals surface area contributed by atoms with Crippen LogP contribution >= 0.6 is 0 Å². The van der Waals surface area contributed by atoms with Crippen LogP contribution in [0.25, 0.3) is 10.9 Å². The summed E-state index contributed by atoms with van der Waals surface area (Å²) in [6, 6.07) is 10.0. The molecule has 0 radical (unpaired) electrons. The second-order valence-electron chi connectivity index (χ2n) is 7.94. The first-order valence-corrected chi connectivity index (χ1v) is 10.7. The molecule has 4 rings (SSSR count). The zero-order valence-electron chi connectivity index (χ0n) is 17.8. The number of halogens is 1. The summed E-state index contributed by atoms with van der Waals surface area (Å²) < 4.78 is 19.9. The van der Waals surface area contributed by atoms with Crippen LogP contribution in [0, 0.1) is 5.82 Å². The van der Waals surface area contributed by atoms with Crippen molar-refractivity contribution in [1.29, 1.82) is 0 Å². The lowest BCUT2D eigenvalue weighted by molar-refractivity contribution is -0.124. The second kappa shape index (κ2) is 9.30. The minimum absolute atomic E-state index is 0.0963. The number of ether oxygens (including phenoxy) is 1. The van der Waals surface area contributed by atoms with E-state index in [4.69, 9.17) is 4.74 Å². The molecule has 1 N–H and O–H groups in total. The maximum absolute atomic E-state index is 13.0. The highest BCUT2D eigenvalue weighted by atomic mass is 19.1. The van der Waals surface area contributed by atoms with Gasteiger partial charge in [-0.05, 0) is 55.7 Å². The van der Waals surface area contributed by atoms with E-state index in [-0.39, 0.29) is 23.0 Å². The third-order valence-corrected chi connectivity index (χ3v) is 5.63. The Labute approximate surface area is 184 Å². The normalized spacial score (nSPS) is 14.3. The summed E-state index contributed by atoms with van der Waals surface area (Å²) in [6.45, 7) is 1.96. The lowest BCUT2D eigenvalue weighted by Gasteiger charge is -2.14. The van der Waals surface area contributed by atoms with Crippen LogP contribution in [0.2, 0.25) is 0 Å². The standard InChI is InChI=1S/C24H24FN3O4/c1-15(16-6-9-18(25)10-7-16)26-22(29)14-32-24(31)17-8-11-19-20(13-17)27-21-5-3-2-4-12-28(21)23(19)30/h6-11,13,15H,2-5,12,14H2,1H3,(H,26,29)/t15-/m1/s1. The average Bonchev–Trinajstić information content (AvgIpc) is 3.03. The number of nitrogens with zero attached hydrogens (tertiary/aromatic N) is 2. The van der Waals surface area contributed by atoms with E-state index in [0.717, 1.165) is 37.1 Å². The van der Waals surface area contributed by atoms with Crippen molar-refractivity contribution in [2.45, 2.75) is 45.2 Å². The molecule has 3 aromatic rings. The molecule has 2 heterocycles. The topological polar surface area (TPSA) is 90.3 Å². The van der Waals surface area contributed by atoms with Gasteiger partial charge in [0.25, 0.3) is 11.5 Å². The predicted molar refractivity (Wildman–Crippen MR) is 117 cm³/mol. The number of amides is 1. The smallest absolute Gasteiger partial charge is 0.338 e. The Bertz CT molecular complexity index is 1220. The first-order valence-electron chi connectivity index (χ1n) is 10.7. The Hall–Kier alpha value is -3.55. The van der Waals surface area contributed by atoms with Gasteiger partial charge in [0.2, 0.25) is 0 Å². The van der Waals surface area contributed by atoms with E-state index in [1.54, 1.807) is 29.7 Å². The lowest BCUT2D eigenvalue weighted by atomic mass is 10.1. The van der Waals surface area contributed by atoms with E-state index in [1.165, 1.54) is 24.3 Å². The van der Waals surface area contributed by atoms with Crippen LogP contribution in [0.15, 0.2) is 47.3 Å². The molecule has 8 heteroatoms. The van der Waals surface area contributed by atoms with Crippen molar-refractivity contribution in [3.05, 3.63) is 75.6 Å². The summed E-state index contributed by atoms with van der Waals surface area (Å²) in [5.74, 6) is -0.768. The highest BCUT2D eigenvalue weighted by Gasteiger charge is 2.17. The van der Waals surface area contributed by atoms with E-state index < -0.39 is 18.5 Å². The molecule has 2 aromatic carbocycles. The Morgan fingerprint density at radius 1 is 1.16 bits per heavy atom. The minimum Gasteiger partial charge on any atom is -0.452 e. The molecule has 0 bridgehead atoms. The summed E-state index contributed by atoms with van der Waals surface area (Å²) in [7, 11) is 0. The first-order chi connectivity index (χ1) is 15.4. The summed E-state index contributed by atoms with van der Waals surface area (Å²) in [6.07, 6.45) is 3.71. The Morgan fingerprint density at radius 2 is 1.94 bits per heavy atom. The third kappa shape index (κ3) is 4.69. The summed E-state index contributed by atoms with van der Waals surface area (Å²) in [4.78, 5) is 42.0. The number of fused-ring (bicyclic) bond motifs is 2. The van der Waals surface area contributed by atoms with Gasteiger partial charge in [-0.3, -0.25) is 14.2 Å². The fraction of sp³-hybridized carbons (Fsp3) is 0.333. The maximum Gasteiger partial charge on any atom is 0.338 e. The monoisotopic (exact) mass is 437 g/mol. The largest absolute Gasteiger partial charge is 0.452 e. The van der Waals surface area contributed by atoms with Crippen LogP contribution in [0.4, 0.5) is 4.39 Å². The van der Waals surface area contributed by atoms with Gasteiger partial charge in [0.15, 0.2) is 6.61 Å². The van der Waals surface area contributed by atoms with Gasteiger partial charge >= 0.3 is 5.97 Å². The van der Waals surface area contributed by atoms with Crippen molar-refractivity contribution in [2.24, 2.45) is 0 Å². The molecule has 0 fully saturated rings. The summed E-state index contributed by atoms with van der Waals surface area (Å²) in [5.41, 5.74) is 1.31. The van der Waals surface area contributed by atoms with E-state index in [1.807, 2.05) is 0 Å². The number of nitrogens with one attached hydrogen (secondary N) is 1. The number of aryl methyl sites for hydroxylation is 1. The molecule has 1 aliphatic rings. The average molecular weight is 437 g/mol. The van der Waals surface area contributed by atoms with Gasteiger partial charge < -0.3 is 10.1 Å². The van der Waals surface area contributed by atoms with E-state index in [0.29, 0.717) is 17.4 Å². The second-order valence-corrected chi connectivity index (χ2v) is 7.94. The highest BCUT2D eigenvalue weighted by Crippen LogP contribution is 2.17. The SMILES string of the molecule is C[C@@H](NC(=O)COC(=O)c1ccc2c(=O)n3c(nc2c1)CCCCC3)c1ccc(F)cc1. The summed E-state index contributed by atoms with van der Waals surface area (Å²) in [5, 5.41) is 3.16. The van der Waals surface area contributed by atoms with Crippen molar-refractivity contribution in [2.75, 3.05) is 6.61 Å². The fourth-order valence-electron chi connectivity index (χ4n) is 3.88. The Balaban J connectivity index is 1.42. The quantitative estimate of drug-likeness (QED) is 0.619. The molecule has 0 unspecified atom stereocenters. The summed E-state index contributed by atoms with van der Waals surface area (Å²) >= 11 is 0. The Kier molecular flexibility index (Phi) is 6.30. The number of esters is 1. The van der Waals surface area contributed by atoms with E-state index in [2.05, 4.69) is 10.3 Å². The third-order valence-electron chi connectivity index (χ3n) is 5.63. The molecular weight excluding hydrogens is 413 g/mol.